The molecule has 0 saturated heterocycles. The molecule has 0 unspecified atom stereocenters. The molecule has 0 aromatic heterocycles. The zero-order chi connectivity index (χ0) is 12.6. The topological polar surface area (TPSA) is 29.1 Å². The van der Waals surface area contributed by atoms with Crippen molar-refractivity contribution in [1.82, 2.24) is 5.32 Å². The number of rotatable bonds is 3. The Morgan fingerprint density at radius 1 is 1.25 bits per heavy atom. The first kappa shape index (κ1) is 14.7. The smallest absolute Gasteiger partial charge is 0.251 e. The van der Waals surface area contributed by atoms with Crippen molar-refractivity contribution in [1.29, 1.82) is 0 Å². The van der Waals surface area contributed by atoms with Crippen LogP contribution in [-0.4, -0.2) is 11.9 Å². The Kier molecular flexibility index (Phi) is 7.27. The number of carbonyl (C=O) groups excluding carboxylic acids is 1. The second-order valence-electron chi connectivity index (χ2n) is 3.68. The van der Waals surface area contributed by atoms with Crippen molar-refractivity contribution in [2.45, 2.75) is 47.1 Å². The molecule has 0 fully saturated rings. The summed E-state index contributed by atoms with van der Waals surface area (Å²) < 4.78 is 0. The summed E-state index contributed by atoms with van der Waals surface area (Å²) in [5, 5.41) is 2.86. The maximum Gasteiger partial charge on any atom is 0.251 e. The summed E-state index contributed by atoms with van der Waals surface area (Å²) >= 11 is 0. The molecule has 0 radical (unpaired) electrons. The van der Waals surface area contributed by atoms with Crippen LogP contribution in [0.2, 0.25) is 0 Å². The molecule has 2 heteroatoms. The summed E-state index contributed by atoms with van der Waals surface area (Å²) in [6.45, 7) is 10.0. The Morgan fingerprint density at radius 2 is 1.75 bits per heavy atom. The van der Waals surface area contributed by atoms with E-state index in [1.165, 1.54) is 5.56 Å². The molecular formula is C14H25NO. The lowest BCUT2D eigenvalue weighted by atomic mass is 10.1. The van der Waals surface area contributed by atoms with Crippen LogP contribution < -0.4 is 5.32 Å². The molecule has 0 atom stereocenters. The summed E-state index contributed by atoms with van der Waals surface area (Å²) in [5.74, 6) is 0.00246. The highest BCUT2D eigenvalue weighted by Gasteiger charge is 2.05. The van der Waals surface area contributed by atoms with E-state index in [-0.39, 0.29) is 13.4 Å². The Morgan fingerprint density at radius 3 is 2.12 bits per heavy atom. The van der Waals surface area contributed by atoms with E-state index in [1.54, 1.807) is 0 Å². The largest absolute Gasteiger partial charge is 0.350 e. The van der Waals surface area contributed by atoms with E-state index in [2.05, 4.69) is 12.2 Å². The molecule has 0 aliphatic heterocycles. The van der Waals surface area contributed by atoms with E-state index in [4.69, 9.17) is 0 Å². The fourth-order valence-corrected chi connectivity index (χ4v) is 1.24. The number of hydrogen-bond acceptors (Lipinski definition) is 1. The minimum Gasteiger partial charge on any atom is -0.350 e. The summed E-state index contributed by atoms with van der Waals surface area (Å²) in [7, 11) is 0. The first-order valence-electron chi connectivity index (χ1n) is 6.03. The number of benzene rings is 1. The molecule has 1 amide bonds. The summed E-state index contributed by atoms with van der Waals surface area (Å²) in [4.78, 5) is 11.5. The van der Waals surface area contributed by atoms with Crippen molar-refractivity contribution in [3.05, 3.63) is 35.4 Å². The number of carbonyl (C=O) groups is 1. The van der Waals surface area contributed by atoms with Gasteiger partial charge in [0.15, 0.2) is 0 Å². The van der Waals surface area contributed by atoms with Crippen LogP contribution >= 0.6 is 0 Å². The van der Waals surface area contributed by atoms with Crippen molar-refractivity contribution in [3.63, 3.8) is 0 Å². The van der Waals surface area contributed by atoms with E-state index in [9.17, 15) is 4.79 Å². The predicted molar refractivity (Wildman–Crippen MR) is 71.9 cm³/mol. The standard InChI is InChI=1S/C12H17NO.C2H6.H2/c1-4-10-5-7-11(8-6-10)12(14)13-9(2)3;1-2;/h5-9H,4H2,1-3H3,(H,13,14);1-2H3;1H. The maximum absolute atomic E-state index is 11.5. The SMILES string of the molecule is CC.CCc1ccc(C(=O)NC(C)C)cc1.[HH]. The summed E-state index contributed by atoms with van der Waals surface area (Å²) in [5.41, 5.74) is 1.99. The molecule has 1 aromatic rings. The van der Waals surface area contributed by atoms with Gasteiger partial charge in [0.1, 0.15) is 0 Å². The van der Waals surface area contributed by atoms with Crippen molar-refractivity contribution < 1.29 is 6.22 Å². The van der Waals surface area contributed by atoms with Gasteiger partial charge in [0.25, 0.3) is 5.91 Å². The molecule has 0 saturated carbocycles. The summed E-state index contributed by atoms with van der Waals surface area (Å²) in [6.07, 6.45) is 1.01. The Bertz CT molecular complexity index is 307. The van der Waals surface area contributed by atoms with Crippen LogP contribution in [0.5, 0.6) is 0 Å². The van der Waals surface area contributed by atoms with Crippen LogP contribution in [0.1, 0.15) is 52.0 Å². The lowest BCUT2D eigenvalue weighted by Gasteiger charge is -2.08. The lowest BCUT2D eigenvalue weighted by molar-refractivity contribution is 0.0943. The third kappa shape index (κ3) is 4.96. The number of amides is 1. The van der Waals surface area contributed by atoms with Gasteiger partial charge in [-0.15, -0.1) is 0 Å². The third-order valence-corrected chi connectivity index (χ3v) is 2.04. The van der Waals surface area contributed by atoms with E-state index in [1.807, 2.05) is 52.0 Å². The average Bonchev–Trinajstić information content (AvgIpc) is 2.31. The van der Waals surface area contributed by atoms with Gasteiger partial charge in [0.05, 0.1) is 0 Å². The Labute approximate surface area is 101 Å². The molecule has 0 heterocycles. The molecule has 0 aliphatic rings. The number of aryl methyl sites for hydroxylation is 1. The predicted octanol–water partition coefficient (Wildman–Crippen LogP) is 3.66. The molecule has 1 aromatic carbocycles. The van der Waals surface area contributed by atoms with E-state index < -0.39 is 0 Å². The van der Waals surface area contributed by atoms with E-state index in [0.717, 1.165) is 12.0 Å². The van der Waals surface area contributed by atoms with Gasteiger partial charge in [-0.25, -0.2) is 0 Å². The van der Waals surface area contributed by atoms with Crippen LogP contribution in [-0.2, 0) is 6.42 Å². The van der Waals surface area contributed by atoms with Crippen molar-refractivity contribution in [2.75, 3.05) is 0 Å². The van der Waals surface area contributed by atoms with Crippen LogP contribution in [0.25, 0.3) is 0 Å². The van der Waals surface area contributed by atoms with Crippen molar-refractivity contribution >= 4 is 5.91 Å². The van der Waals surface area contributed by atoms with Gasteiger partial charge in [-0.1, -0.05) is 32.9 Å². The highest BCUT2D eigenvalue weighted by Crippen LogP contribution is 2.05. The third-order valence-electron chi connectivity index (χ3n) is 2.04. The van der Waals surface area contributed by atoms with Gasteiger partial charge in [-0.2, -0.15) is 0 Å². The minimum atomic E-state index is 0. The molecule has 0 aliphatic carbocycles. The normalized spacial score (nSPS) is 9.38. The Balaban J connectivity index is 0. The second kappa shape index (κ2) is 7.91. The molecule has 1 rings (SSSR count). The van der Waals surface area contributed by atoms with Crippen LogP contribution in [0.3, 0.4) is 0 Å². The van der Waals surface area contributed by atoms with Crippen LogP contribution in [0, 0.1) is 0 Å². The van der Waals surface area contributed by atoms with Gasteiger partial charge in [-0.05, 0) is 38.0 Å². The second-order valence-corrected chi connectivity index (χ2v) is 3.68. The van der Waals surface area contributed by atoms with Crippen molar-refractivity contribution in [2.24, 2.45) is 0 Å². The fraction of sp³-hybridized carbons (Fsp3) is 0.500. The summed E-state index contributed by atoms with van der Waals surface area (Å²) in [6, 6.07) is 7.92. The molecule has 2 nitrogen and oxygen atoms in total. The Hall–Kier alpha value is -1.31. The van der Waals surface area contributed by atoms with Gasteiger partial charge < -0.3 is 5.32 Å². The van der Waals surface area contributed by atoms with E-state index in [0.29, 0.717) is 0 Å². The lowest BCUT2D eigenvalue weighted by Crippen LogP contribution is -2.29. The molecule has 0 bridgehead atoms. The fourth-order valence-electron chi connectivity index (χ4n) is 1.24. The molecular weight excluding hydrogens is 198 g/mol. The van der Waals surface area contributed by atoms with Gasteiger partial charge in [0, 0.05) is 13.0 Å². The molecule has 1 N–H and O–H groups in total. The zero-order valence-electron chi connectivity index (χ0n) is 11.0. The monoisotopic (exact) mass is 223 g/mol. The average molecular weight is 223 g/mol. The van der Waals surface area contributed by atoms with Gasteiger partial charge in [0.2, 0.25) is 0 Å². The van der Waals surface area contributed by atoms with E-state index >= 15 is 0 Å². The highest BCUT2D eigenvalue weighted by atomic mass is 16.1. The van der Waals surface area contributed by atoms with Gasteiger partial charge in [-0.3, -0.25) is 4.79 Å². The molecule has 92 valence electrons. The van der Waals surface area contributed by atoms with Gasteiger partial charge >= 0.3 is 0 Å². The molecule has 0 spiro atoms. The van der Waals surface area contributed by atoms with Crippen LogP contribution in [0.15, 0.2) is 24.3 Å². The minimum absolute atomic E-state index is 0. The number of hydrogen-bond donors (Lipinski definition) is 1. The quantitative estimate of drug-likeness (QED) is 0.832. The maximum atomic E-state index is 11.5. The number of nitrogens with one attached hydrogen (secondary N) is 1. The first-order chi connectivity index (χ1) is 7.63. The first-order valence-corrected chi connectivity index (χ1v) is 6.03. The zero-order valence-corrected chi connectivity index (χ0v) is 11.0. The van der Waals surface area contributed by atoms with Crippen LogP contribution in [0.4, 0.5) is 0 Å². The molecule has 16 heavy (non-hydrogen) atoms. The highest BCUT2D eigenvalue weighted by molar-refractivity contribution is 5.94. The van der Waals surface area contributed by atoms with Crippen molar-refractivity contribution in [3.8, 4) is 0 Å².